The molecule has 0 aliphatic heterocycles. The summed E-state index contributed by atoms with van der Waals surface area (Å²) >= 11 is 11.5. The van der Waals surface area contributed by atoms with E-state index >= 15 is 0 Å². The molecule has 0 heterocycles. The molecule has 0 saturated heterocycles. The number of hydrogen-bond donors (Lipinski definition) is 1. The van der Waals surface area contributed by atoms with Gasteiger partial charge in [-0.2, -0.15) is 0 Å². The Morgan fingerprint density at radius 1 is 1.10 bits per heavy atom. The fraction of sp³-hybridized carbons (Fsp3) is 0. The first-order valence-corrected chi connectivity index (χ1v) is 6.24. The van der Waals surface area contributed by atoms with E-state index < -0.39 is 10.8 Å². The molecular weight excluding hydrogens is 303 g/mol. The number of nitrogens with zero attached hydrogens (tertiary/aromatic N) is 1. The quantitative estimate of drug-likeness (QED) is 0.683. The molecule has 0 fully saturated rings. The molecule has 0 aromatic heterocycles. The maximum Gasteiger partial charge on any atom is 0.283 e. The third kappa shape index (κ3) is 3.26. The Morgan fingerprint density at radius 2 is 1.80 bits per heavy atom. The molecule has 0 saturated carbocycles. The first-order chi connectivity index (χ1) is 9.47. The molecule has 5 nitrogen and oxygen atoms in total. The minimum atomic E-state index is -0.654. The van der Waals surface area contributed by atoms with Gasteiger partial charge in [-0.15, -0.1) is 0 Å². The van der Waals surface area contributed by atoms with Gasteiger partial charge in [0.15, 0.2) is 0 Å². The lowest BCUT2D eigenvalue weighted by molar-refractivity contribution is -0.385. The number of nitrogens with one attached hydrogen (secondary N) is 1. The summed E-state index contributed by atoms with van der Waals surface area (Å²) in [5, 5.41) is 14.1. The molecular formula is C13H8Cl2N2O3. The van der Waals surface area contributed by atoms with Crippen LogP contribution in [0.1, 0.15) is 10.4 Å². The van der Waals surface area contributed by atoms with Crippen molar-refractivity contribution in [3.05, 3.63) is 68.2 Å². The van der Waals surface area contributed by atoms with Gasteiger partial charge in [0.05, 0.1) is 4.92 Å². The van der Waals surface area contributed by atoms with Crippen LogP contribution < -0.4 is 5.32 Å². The largest absolute Gasteiger partial charge is 0.322 e. The van der Waals surface area contributed by atoms with Crippen LogP contribution in [-0.4, -0.2) is 10.8 Å². The first-order valence-electron chi connectivity index (χ1n) is 5.48. The zero-order valence-electron chi connectivity index (χ0n) is 9.97. The van der Waals surface area contributed by atoms with Gasteiger partial charge in [0, 0.05) is 21.8 Å². The highest BCUT2D eigenvalue weighted by atomic mass is 35.5. The maximum absolute atomic E-state index is 12.1. The highest BCUT2D eigenvalue weighted by Crippen LogP contribution is 2.24. The molecule has 0 aliphatic carbocycles. The van der Waals surface area contributed by atoms with Gasteiger partial charge >= 0.3 is 0 Å². The van der Waals surface area contributed by atoms with Crippen LogP contribution in [0.2, 0.25) is 10.0 Å². The number of amides is 1. The monoisotopic (exact) mass is 310 g/mol. The molecule has 2 aromatic carbocycles. The molecule has 20 heavy (non-hydrogen) atoms. The van der Waals surface area contributed by atoms with E-state index in [-0.39, 0.29) is 16.3 Å². The minimum absolute atomic E-state index is 0.0700. The van der Waals surface area contributed by atoms with Crippen molar-refractivity contribution >= 4 is 40.5 Å². The summed E-state index contributed by atoms with van der Waals surface area (Å²) in [4.78, 5) is 22.3. The van der Waals surface area contributed by atoms with Crippen LogP contribution in [0, 0.1) is 10.1 Å². The predicted molar refractivity (Wildman–Crippen MR) is 77.5 cm³/mol. The average Bonchev–Trinajstić information content (AvgIpc) is 2.38. The van der Waals surface area contributed by atoms with Crippen LogP contribution in [0.5, 0.6) is 0 Å². The number of carbonyl (C=O) groups excluding carboxylic acids is 1. The van der Waals surface area contributed by atoms with Crippen molar-refractivity contribution in [3.8, 4) is 0 Å². The van der Waals surface area contributed by atoms with Crippen molar-refractivity contribution in [3.63, 3.8) is 0 Å². The molecule has 2 aromatic rings. The second-order valence-corrected chi connectivity index (χ2v) is 4.76. The Kier molecular flexibility index (Phi) is 4.22. The number of benzene rings is 2. The van der Waals surface area contributed by atoms with Crippen LogP contribution in [0.25, 0.3) is 0 Å². The molecule has 1 N–H and O–H groups in total. The fourth-order valence-corrected chi connectivity index (χ4v) is 1.97. The number of halogens is 2. The lowest BCUT2D eigenvalue weighted by Gasteiger charge is -2.06. The molecule has 1 amide bonds. The van der Waals surface area contributed by atoms with Crippen molar-refractivity contribution in [2.45, 2.75) is 0 Å². The first kappa shape index (κ1) is 14.3. The lowest BCUT2D eigenvalue weighted by Crippen LogP contribution is -2.13. The summed E-state index contributed by atoms with van der Waals surface area (Å²) in [5.41, 5.74) is 0.0307. The van der Waals surface area contributed by atoms with E-state index in [2.05, 4.69) is 5.32 Å². The van der Waals surface area contributed by atoms with E-state index in [9.17, 15) is 14.9 Å². The predicted octanol–water partition coefficient (Wildman–Crippen LogP) is 4.15. The number of anilines is 1. The second kappa shape index (κ2) is 5.90. The SMILES string of the molecule is O=C(Nc1cccc(Cl)c1)c1ccc(Cl)cc1[N+](=O)[O-]. The third-order valence-electron chi connectivity index (χ3n) is 2.48. The molecule has 0 aliphatic rings. The van der Waals surface area contributed by atoms with E-state index in [1.54, 1.807) is 24.3 Å². The number of rotatable bonds is 3. The minimum Gasteiger partial charge on any atom is -0.322 e. The van der Waals surface area contributed by atoms with Crippen LogP contribution >= 0.6 is 23.2 Å². The van der Waals surface area contributed by atoms with E-state index in [1.807, 2.05) is 0 Å². The molecule has 102 valence electrons. The van der Waals surface area contributed by atoms with Gasteiger partial charge in [-0.1, -0.05) is 29.3 Å². The molecule has 0 atom stereocenters. The van der Waals surface area contributed by atoms with Crippen molar-refractivity contribution in [2.75, 3.05) is 5.32 Å². The normalized spacial score (nSPS) is 10.1. The highest BCUT2D eigenvalue weighted by molar-refractivity contribution is 6.31. The van der Waals surface area contributed by atoms with Crippen molar-refractivity contribution in [1.29, 1.82) is 0 Å². The summed E-state index contributed by atoms with van der Waals surface area (Å²) in [6.45, 7) is 0. The van der Waals surface area contributed by atoms with Gasteiger partial charge in [0.2, 0.25) is 0 Å². The summed E-state index contributed by atoms with van der Waals surface area (Å²) in [6, 6.07) is 10.3. The second-order valence-electron chi connectivity index (χ2n) is 3.88. The third-order valence-corrected chi connectivity index (χ3v) is 2.95. The van der Waals surface area contributed by atoms with Gasteiger partial charge in [-0.3, -0.25) is 14.9 Å². The Balaban J connectivity index is 2.32. The topological polar surface area (TPSA) is 72.2 Å². The van der Waals surface area contributed by atoms with E-state index in [0.29, 0.717) is 10.7 Å². The smallest absolute Gasteiger partial charge is 0.283 e. The van der Waals surface area contributed by atoms with Gasteiger partial charge in [-0.05, 0) is 30.3 Å². The average molecular weight is 311 g/mol. The van der Waals surface area contributed by atoms with Gasteiger partial charge < -0.3 is 5.32 Å². The van der Waals surface area contributed by atoms with E-state index in [0.717, 1.165) is 6.07 Å². The summed E-state index contributed by atoms with van der Waals surface area (Å²) in [7, 11) is 0. The van der Waals surface area contributed by atoms with Crippen LogP contribution in [0.3, 0.4) is 0 Å². The van der Waals surface area contributed by atoms with Gasteiger partial charge in [-0.25, -0.2) is 0 Å². The van der Waals surface area contributed by atoms with Crippen molar-refractivity contribution in [2.24, 2.45) is 0 Å². The summed E-state index contributed by atoms with van der Waals surface area (Å²) < 4.78 is 0. The zero-order chi connectivity index (χ0) is 14.7. The number of nitro groups is 1. The number of carbonyl (C=O) groups is 1. The standard InChI is InChI=1S/C13H8Cl2N2O3/c14-8-2-1-3-10(6-8)16-13(18)11-5-4-9(15)7-12(11)17(19)20/h1-7H,(H,16,18). The highest BCUT2D eigenvalue weighted by Gasteiger charge is 2.20. The van der Waals surface area contributed by atoms with Crippen molar-refractivity contribution < 1.29 is 9.72 Å². The molecule has 0 spiro atoms. The van der Waals surface area contributed by atoms with Crippen molar-refractivity contribution in [1.82, 2.24) is 0 Å². The molecule has 7 heteroatoms. The Bertz CT molecular complexity index is 689. The summed E-state index contributed by atoms with van der Waals surface area (Å²) in [5.74, 6) is -0.601. The van der Waals surface area contributed by atoms with Gasteiger partial charge in [0.1, 0.15) is 5.56 Å². The molecule has 2 rings (SSSR count). The zero-order valence-corrected chi connectivity index (χ0v) is 11.5. The Labute approximate surface area is 124 Å². The number of hydrogen-bond acceptors (Lipinski definition) is 3. The van der Waals surface area contributed by atoms with E-state index in [1.165, 1.54) is 12.1 Å². The number of nitro benzene ring substituents is 1. The Morgan fingerprint density at radius 3 is 2.45 bits per heavy atom. The van der Waals surface area contributed by atoms with Crippen LogP contribution in [0.15, 0.2) is 42.5 Å². The van der Waals surface area contributed by atoms with Crippen LogP contribution in [0.4, 0.5) is 11.4 Å². The fourth-order valence-electron chi connectivity index (χ4n) is 1.61. The molecule has 0 radical (unpaired) electrons. The van der Waals surface area contributed by atoms with E-state index in [4.69, 9.17) is 23.2 Å². The Hall–Kier alpha value is -2.11. The summed E-state index contributed by atoms with van der Waals surface area (Å²) in [6.07, 6.45) is 0. The maximum atomic E-state index is 12.1. The molecule has 0 unspecified atom stereocenters. The molecule has 0 bridgehead atoms. The lowest BCUT2D eigenvalue weighted by atomic mass is 10.1. The van der Waals surface area contributed by atoms with Crippen LogP contribution in [-0.2, 0) is 0 Å². The van der Waals surface area contributed by atoms with Gasteiger partial charge in [0.25, 0.3) is 11.6 Å².